The van der Waals surface area contributed by atoms with Gasteiger partial charge in [-0.3, -0.25) is 4.99 Å². The van der Waals surface area contributed by atoms with Crippen molar-refractivity contribution >= 4 is 5.71 Å². The Hall–Kier alpha value is -0.590. The van der Waals surface area contributed by atoms with Crippen molar-refractivity contribution in [2.75, 3.05) is 0 Å². The van der Waals surface area contributed by atoms with E-state index in [0.29, 0.717) is 0 Å². The number of allylic oxidation sites excluding steroid dienone is 2. The molecule has 0 aromatic carbocycles. The molecular weight excluding hydrogens is 158 g/mol. The standard InChI is InChI=1S/C12H23N/c1-5-9-10-12(8-4)13-11(6-2)7-3/h6H,5,7-10H2,1-4H3/b11-6-,13-12-. The first-order valence-corrected chi connectivity index (χ1v) is 5.50. The fourth-order valence-electron chi connectivity index (χ4n) is 1.24. The topological polar surface area (TPSA) is 12.4 Å². The zero-order chi connectivity index (χ0) is 10.1. The lowest BCUT2D eigenvalue weighted by molar-refractivity contribution is 0.823. The molecule has 1 heteroatoms. The van der Waals surface area contributed by atoms with Crippen LogP contribution in [0.2, 0.25) is 0 Å². The summed E-state index contributed by atoms with van der Waals surface area (Å²) in [6, 6.07) is 0. The number of rotatable bonds is 6. The van der Waals surface area contributed by atoms with E-state index in [1.165, 1.54) is 30.7 Å². The summed E-state index contributed by atoms with van der Waals surface area (Å²) in [7, 11) is 0. The van der Waals surface area contributed by atoms with Gasteiger partial charge in [-0.15, -0.1) is 0 Å². The van der Waals surface area contributed by atoms with Gasteiger partial charge in [0.25, 0.3) is 0 Å². The average molecular weight is 181 g/mol. The molecule has 0 radical (unpaired) electrons. The summed E-state index contributed by atoms with van der Waals surface area (Å²) < 4.78 is 0. The number of hydrogen-bond acceptors (Lipinski definition) is 1. The van der Waals surface area contributed by atoms with E-state index in [9.17, 15) is 0 Å². The van der Waals surface area contributed by atoms with Crippen molar-refractivity contribution in [3.8, 4) is 0 Å². The largest absolute Gasteiger partial charge is 0.263 e. The van der Waals surface area contributed by atoms with Crippen molar-refractivity contribution in [3.63, 3.8) is 0 Å². The molecule has 0 spiro atoms. The van der Waals surface area contributed by atoms with Crippen molar-refractivity contribution in [2.45, 2.75) is 59.8 Å². The molecule has 0 unspecified atom stereocenters. The Morgan fingerprint density at radius 2 is 1.85 bits per heavy atom. The molecule has 0 aliphatic rings. The van der Waals surface area contributed by atoms with Gasteiger partial charge in [-0.1, -0.05) is 33.3 Å². The summed E-state index contributed by atoms with van der Waals surface area (Å²) in [5.41, 5.74) is 2.59. The van der Waals surface area contributed by atoms with E-state index in [0.717, 1.165) is 12.8 Å². The third kappa shape index (κ3) is 5.62. The van der Waals surface area contributed by atoms with Gasteiger partial charge in [-0.2, -0.15) is 0 Å². The van der Waals surface area contributed by atoms with Crippen molar-refractivity contribution < 1.29 is 0 Å². The van der Waals surface area contributed by atoms with Gasteiger partial charge in [0.15, 0.2) is 0 Å². The molecule has 13 heavy (non-hydrogen) atoms. The molecule has 0 aromatic heterocycles. The van der Waals surface area contributed by atoms with Gasteiger partial charge < -0.3 is 0 Å². The molecule has 76 valence electrons. The van der Waals surface area contributed by atoms with Crippen LogP contribution >= 0.6 is 0 Å². The van der Waals surface area contributed by atoms with Crippen LogP contribution in [0.3, 0.4) is 0 Å². The van der Waals surface area contributed by atoms with E-state index in [1.807, 2.05) is 0 Å². The highest BCUT2D eigenvalue weighted by atomic mass is 14.8. The third-order valence-corrected chi connectivity index (χ3v) is 2.22. The number of aliphatic imine (C=N–C) groups is 1. The molecule has 0 amide bonds. The summed E-state index contributed by atoms with van der Waals surface area (Å²) in [4.78, 5) is 4.65. The maximum Gasteiger partial charge on any atom is 0.0357 e. The van der Waals surface area contributed by atoms with E-state index in [2.05, 4.69) is 38.8 Å². The van der Waals surface area contributed by atoms with Gasteiger partial charge in [0.05, 0.1) is 0 Å². The van der Waals surface area contributed by atoms with E-state index in [-0.39, 0.29) is 0 Å². The van der Waals surface area contributed by atoms with Crippen molar-refractivity contribution in [1.29, 1.82) is 0 Å². The number of hydrogen-bond donors (Lipinski definition) is 0. The Balaban J connectivity index is 4.19. The first-order chi connectivity index (χ1) is 6.28. The van der Waals surface area contributed by atoms with Crippen LogP contribution < -0.4 is 0 Å². The first kappa shape index (κ1) is 12.4. The van der Waals surface area contributed by atoms with Gasteiger partial charge in [0, 0.05) is 11.4 Å². The molecular formula is C12H23N. The van der Waals surface area contributed by atoms with Crippen LogP contribution in [0.1, 0.15) is 59.8 Å². The number of unbranched alkanes of at least 4 members (excludes halogenated alkanes) is 1. The van der Waals surface area contributed by atoms with E-state index in [4.69, 9.17) is 0 Å². The molecule has 0 bridgehead atoms. The zero-order valence-electron chi connectivity index (χ0n) is 9.56. The Morgan fingerprint density at radius 3 is 2.23 bits per heavy atom. The predicted molar refractivity (Wildman–Crippen MR) is 61.3 cm³/mol. The van der Waals surface area contributed by atoms with Gasteiger partial charge in [0.1, 0.15) is 0 Å². The highest BCUT2D eigenvalue weighted by molar-refractivity contribution is 5.85. The maximum atomic E-state index is 4.65. The Labute approximate surface area is 83.0 Å². The molecule has 0 saturated carbocycles. The number of nitrogens with zero attached hydrogens (tertiary/aromatic N) is 1. The molecule has 0 N–H and O–H groups in total. The van der Waals surface area contributed by atoms with Crippen LogP contribution in [0.15, 0.2) is 16.8 Å². The second-order valence-electron chi connectivity index (χ2n) is 3.27. The van der Waals surface area contributed by atoms with Crippen LogP contribution in [-0.4, -0.2) is 5.71 Å². The molecule has 0 fully saturated rings. The van der Waals surface area contributed by atoms with Crippen LogP contribution in [0.25, 0.3) is 0 Å². The van der Waals surface area contributed by atoms with E-state index < -0.39 is 0 Å². The van der Waals surface area contributed by atoms with Gasteiger partial charge in [-0.25, -0.2) is 0 Å². The molecule has 0 rings (SSSR count). The van der Waals surface area contributed by atoms with Crippen molar-refractivity contribution in [1.82, 2.24) is 0 Å². The fraction of sp³-hybridized carbons (Fsp3) is 0.750. The maximum absolute atomic E-state index is 4.65. The lowest BCUT2D eigenvalue weighted by atomic mass is 10.1. The lowest BCUT2D eigenvalue weighted by Crippen LogP contribution is -1.96. The monoisotopic (exact) mass is 181 g/mol. The van der Waals surface area contributed by atoms with E-state index >= 15 is 0 Å². The lowest BCUT2D eigenvalue weighted by Gasteiger charge is -2.03. The normalized spacial score (nSPS) is 13.5. The SMILES string of the molecule is C/C=C(CC)\N=C(\CC)CCCC. The highest BCUT2D eigenvalue weighted by Gasteiger charge is 1.96. The molecule has 0 aliphatic carbocycles. The van der Waals surface area contributed by atoms with Crippen molar-refractivity contribution in [2.24, 2.45) is 4.99 Å². The van der Waals surface area contributed by atoms with Crippen LogP contribution in [0, 0.1) is 0 Å². The van der Waals surface area contributed by atoms with Crippen molar-refractivity contribution in [3.05, 3.63) is 11.8 Å². The van der Waals surface area contributed by atoms with Crippen LogP contribution in [0.5, 0.6) is 0 Å². The summed E-state index contributed by atoms with van der Waals surface area (Å²) >= 11 is 0. The second kappa shape index (κ2) is 8.03. The summed E-state index contributed by atoms with van der Waals surface area (Å²) in [6.45, 7) is 8.64. The molecule has 0 heterocycles. The van der Waals surface area contributed by atoms with Crippen LogP contribution in [-0.2, 0) is 0 Å². The van der Waals surface area contributed by atoms with Gasteiger partial charge >= 0.3 is 0 Å². The molecule has 0 aromatic rings. The molecule has 0 atom stereocenters. The molecule has 0 saturated heterocycles. The quantitative estimate of drug-likeness (QED) is 0.540. The molecule has 1 nitrogen and oxygen atoms in total. The second-order valence-corrected chi connectivity index (χ2v) is 3.27. The zero-order valence-corrected chi connectivity index (χ0v) is 9.56. The predicted octanol–water partition coefficient (Wildman–Crippen LogP) is 4.34. The van der Waals surface area contributed by atoms with E-state index in [1.54, 1.807) is 0 Å². The minimum Gasteiger partial charge on any atom is -0.263 e. The fourth-order valence-corrected chi connectivity index (χ4v) is 1.24. The third-order valence-electron chi connectivity index (χ3n) is 2.22. The summed E-state index contributed by atoms with van der Waals surface area (Å²) in [6.07, 6.45) is 7.96. The summed E-state index contributed by atoms with van der Waals surface area (Å²) in [5, 5.41) is 0. The van der Waals surface area contributed by atoms with Crippen LogP contribution in [0.4, 0.5) is 0 Å². The minimum absolute atomic E-state index is 1.05. The average Bonchev–Trinajstić information content (AvgIpc) is 2.19. The Morgan fingerprint density at radius 1 is 1.15 bits per heavy atom. The first-order valence-electron chi connectivity index (χ1n) is 5.50. The van der Waals surface area contributed by atoms with Gasteiger partial charge in [0.2, 0.25) is 0 Å². The Bertz CT molecular complexity index is 178. The Kier molecular flexibility index (Phi) is 7.66. The smallest absolute Gasteiger partial charge is 0.0357 e. The molecule has 0 aliphatic heterocycles. The minimum atomic E-state index is 1.05. The highest BCUT2D eigenvalue weighted by Crippen LogP contribution is 2.08. The van der Waals surface area contributed by atoms with Gasteiger partial charge in [-0.05, 0) is 32.6 Å². The summed E-state index contributed by atoms with van der Waals surface area (Å²) in [5.74, 6) is 0.